The summed E-state index contributed by atoms with van der Waals surface area (Å²) in [7, 11) is 0. The Kier molecular flexibility index (Phi) is 5.73. The first-order valence-corrected chi connectivity index (χ1v) is 10.3. The van der Waals surface area contributed by atoms with Crippen LogP contribution in [0.3, 0.4) is 0 Å². The number of rotatable bonds is 6. The summed E-state index contributed by atoms with van der Waals surface area (Å²) in [6.45, 7) is 7.27. The highest BCUT2D eigenvalue weighted by Crippen LogP contribution is 2.26. The van der Waals surface area contributed by atoms with Crippen LogP contribution in [-0.4, -0.2) is 33.1 Å². The second-order valence-corrected chi connectivity index (χ2v) is 7.78. The van der Waals surface area contributed by atoms with E-state index in [4.69, 9.17) is 4.74 Å². The number of nitrogens with zero attached hydrogens (tertiary/aromatic N) is 3. The molecule has 162 valence electrons. The molecular formula is C25H24N4O3. The lowest BCUT2D eigenvalue weighted by molar-refractivity contribution is -0.118. The monoisotopic (exact) mass is 428 g/mol. The maximum Gasteiger partial charge on any atom is 0.262 e. The van der Waals surface area contributed by atoms with Gasteiger partial charge < -0.3 is 10.1 Å². The minimum Gasteiger partial charge on any atom is -0.467 e. The number of nitrogens with one attached hydrogen (secondary N) is 1. The number of carbonyl (C=O) groups excluding carboxylic acids is 2. The fourth-order valence-corrected chi connectivity index (χ4v) is 3.54. The van der Waals surface area contributed by atoms with Crippen LogP contribution in [0, 0.1) is 20.8 Å². The predicted molar refractivity (Wildman–Crippen MR) is 124 cm³/mol. The molecule has 1 N–H and O–H groups in total. The average molecular weight is 428 g/mol. The fourth-order valence-electron chi connectivity index (χ4n) is 3.54. The van der Waals surface area contributed by atoms with Crippen molar-refractivity contribution in [3.8, 4) is 11.6 Å². The Bertz CT molecular complexity index is 1310. The second kappa shape index (κ2) is 8.63. The minimum atomic E-state index is -0.316. The first kappa shape index (κ1) is 21.2. The van der Waals surface area contributed by atoms with Gasteiger partial charge in [-0.2, -0.15) is 10.1 Å². The molecule has 7 heteroatoms. The Labute approximate surface area is 186 Å². The molecule has 2 aromatic heterocycles. The van der Waals surface area contributed by atoms with E-state index in [1.807, 2.05) is 51.1 Å². The number of fused-ring (bicyclic) bond motifs is 1. The summed E-state index contributed by atoms with van der Waals surface area (Å²) in [6.07, 6.45) is 0. The Hall–Kier alpha value is -4.00. The molecule has 1 amide bonds. The zero-order valence-electron chi connectivity index (χ0n) is 18.5. The van der Waals surface area contributed by atoms with Crippen LogP contribution in [-0.2, 0) is 4.79 Å². The summed E-state index contributed by atoms with van der Waals surface area (Å²) in [6, 6.07) is 16.6. The average Bonchev–Trinajstić information content (AvgIpc) is 3.10. The van der Waals surface area contributed by atoms with E-state index in [0.717, 1.165) is 27.9 Å². The molecule has 2 aromatic carbocycles. The van der Waals surface area contributed by atoms with Gasteiger partial charge in [0.05, 0.1) is 11.4 Å². The van der Waals surface area contributed by atoms with Crippen LogP contribution in [0.15, 0.2) is 54.6 Å². The summed E-state index contributed by atoms with van der Waals surface area (Å²) < 4.78 is 7.48. The zero-order valence-corrected chi connectivity index (χ0v) is 18.5. The standard InChI is InChI=1S/C25H24N4O3/c1-15-5-11-21(12-6-15)29-25-24(17(3)28-29)16(2)13-23(27-25)32-14-22(31)26-20-9-7-19(8-10-20)18(4)30/h5-13H,14H2,1-4H3,(H,26,31). The maximum absolute atomic E-state index is 12.3. The van der Waals surface area contributed by atoms with Crippen LogP contribution in [0.4, 0.5) is 5.69 Å². The molecule has 0 saturated carbocycles. The number of aryl methyl sites for hydroxylation is 3. The number of amides is 1. The Morgan fingerprint density at radius 1 is 1.00 bits per heavy atom. The third-order valence-electron chi connectivity index (χ3n) is 5.19. The molecular weight excluding hydrogens is 404 g/mol. The van der Waals surface area contributed by atoms with Gasteiger partial charge in [-0.3, -0.25) is 9.59 Å². The molecule has 2 heterocycles. The molecule has 0 atom stereocenters. The lowest BCUT2D eigenvalue weighted by Gasteiger charge is -2.09. The molecule has 4 aromatic rings. The number of hydrogen-bond acceptors (Lipinski definition) is 5. The molecule has 4 rings (SSSR count). The highest BCUT2D eigenvalue weighted by Gasteiger charge is 2.15. The van der Waals surface area contributed by atoms with Gasteiger partial charge in [0.1, 0.15) is 0 Å². The van der Waals surface area contributed by atoms with Crippen LogP contribution < -0.4 is 10.1 Å². The van der Waals surface area contributed by atoms with Crippen molar-refractivity contribution in [1.29, 1.82) is 0 Å². The van der Waals surface area contributed by atoms with Crippen molar-refractivity contribution in [3.63, 3.8) is 0 Å². The summed E-state index contributed by atoms with van der Waals surface area (Å²) in [5.41, 5.74) is 5.79. The van der Waals surface area contributed by atoms with Crippen LogP contribution in [0.1, 0.15) is 34.1 Å². The van der Waals surface area contributed by atoms with Gasteiger partial charge in [0, 0.05) is 22.7 Å². The molecule has 0 fully saturated rings. The van der Waals surface area contributed by atoms with E-state index in [0.29, 0.717) is 22.8 Å². The minimum absolute atomic E-state index is 0.0249. The van der Waals surface area contributed by atoms with E-state index >= 15 is 0 Å². The number of carbonyl (C=O) groups is 2. The molecule has 0 aliphatic rings. The van der Waals surface area contributed by atoms with E-state index in [1.165, 1.54) is 6.92 Å². The topological polar surface area (TPSA) is 86.1 Å². The maximum atomic E-state index is 12.3. The third kappa shape index (κ3) is 4.37. The quantitative estimate of drug-likeness (QED) is 0.455. The summed E-state index contributed by atoms with van der Waals surface area (Å²) in [5, 5.41) is 8.38. The lowest BCUT2D eigenvalue weighted by Crippen LogP contribution is -2.20. The van der Waals surface area contributed by atoms with Crippen molar-refractivity contribution in [2.45, 2.75) is 27.7 Å². The van der Waals surface area contributed by atoms with Crippen molar-refractivity contribution in [2.24, 2.45) is 0 Å². The zero-order chi connectivity index (χ0) is 22.8. The largest absolute Gasteiger partial charge is 0.467 e. The molecule has 0 radical (unpaired) electrons. The molecule has 7 nitrogen and oxygen atoms in total. The van der Waals surface area contributed by atoms with Gasteiger partial charge in [-0.25, -0.2) is 4.68 Å². The SMILES string of the molecule is CC(=O)c1ccc(NC(=O)COc2cc(C)c3c(C)nn(-c4ccc(C)cc4)c3n2)cc1. The summed E-state index contributed by atoms with van der Waals surface area (Å²) in [5.74, 6) is 0.0110. The Morgan fingerprint density at radius 2 is 1.69 bits per heavy atom. The number of anilines is 1. The summed E-state index contributed by atoms with van der Waals surface area (Å²) >= 11 is 0. The normalized spacial score (nSPS) is 10.9. The van der Waals surface area contributed by atoms with Crippen molar-refractivity contribution in [2.75, 3.05) is 11.9 Å². The van der Waals surface area contributed by atoms with Gasteiger partial charge in [0.2, 0.25) is 5.88 Å². The highest BCUT2D eigenvalue weighted by atomic mass is 16.5. The van der Waals surface area contributed by atoms with Crippen LogP contribution in [0.25, 0.3) is 16.7 Å². The second-order valence-electron chi connectivity index (χ2n) is 7.78. The molecule has 0 spiro atoms. The lowest BCUT2D eigenvalue weighted by atomic mass is 10.1. The predicted octanol–water partition coefficient (Wildman–Crippen LogP) is 4.57. The number of benzene rings is 2. The van der Waals surface area contributed by atoms with Crippen molar-refractivity contribution >= 4 is 28.4 Å². The van der Waals surface area contributed by atoms with Gasteiger partial charge in [-0.05, 0) is 69.7 Å². The number of pyridine rings is 1. The molecule has 0 aliphatic heterocycles. The molecule has 0 aliphatic carbocycles. The smallest absolute Gasteiger partial charge is 0.262 e. The van der Waals surface area contributed by atoms with Gasteiger partial charge in [0.15, 0.2) is 18.0 Å². The van der Waals surface area contributed by atoms with E-state index in [2.05, 4.69) is 15.4 Å². The van der Waals surface area contributed by atoms with E-state index in [9.17, 15) is 9.59 Å². The Morgan fingerprint density at radius 3 is 2.34 bits per heavy atom. The molecule has 32 heavy (non-hydrogen) atoms. The number of ketones is 1. The van der Waals surface area contributed by atoms with E-state index in [-0.39, 0.29) is 18.3 Å². The van der Waals surface area contributed by atoms with Crippen LogP contribution in [0.2, 0.25) is 0 Å². The fraction of sp³-hybridized carbons (Fsp3) is 0.200. The highest BCUT2D eigenvalue weighted by molar-refractivity contribution is 5.96. The number of aromatic nitrogens is 3. The third-order valence-corrected chi connectivity index (χ3v) is 5.19. The first-order chi connectivity index (χ1) is 15.3. The van der Waals surface area contributed by atoms with Crippen LogP contribution in [0.5, 0.6) is 5.88 Å². The Balaban J connectivity index is 1.53. The first-order valence-electron chi connectivity index (χ1n) is 10.3. The number of hydrogen-bond donors (Lipinski definition) is 1. The molecule has 0 unspecified atom stereocenters. The van der Waals surface area contributed by atoms with Crippen LogP contribution >= 0.6 is 0 Å². The van der Waals surface area contributed by atoms with Gasteiger partial charge in [-0.1, -0.05) is 17.7 Å². The van der Waals surface area contributed by atoms with Gasteiger partial charge >= 0.3 is 0 Å². The van der Waals surface area contributed by atoms with Crippen molar-refractivity contribution in [3.05, 3.63) is 77.0 Å². The molecule has 0 saturated heterocycles. The molecule has 0 bridgehead atoms. The number of Topliss-reactive ketones (excluding diaryl/α,β-unsaturated/α-hetero) is 1. The van der Waals surface area contributed by atoms with Crippen molar-refractivity contribution in [1.82, 2.24) is 14.8 Å². The summed E-state index contributed by atoms with van der Waals surface area (Å²) in [4.78, 5) is 28.3. The van der Waals surface area contributed by atoms with Gasteiger partial charge in [-0.15, -0.1) is 0 Å². The van der Waals surface area contributed by atoms with E-state index in [1.54, 1.807) is 28.9 Å². The van der Waals surface area contributed by atoms with Gasteiger partial charge in [0.25, 0.3) is 5.91 Å². The van der Waals surface area contributed by atoms with Crippen molar-refractivity contribution < 1.29 is 14.3 Å². The number of ether oxygens (including phenoxy) is 1. The van der Waals surface area contributed by atoms with E-state index < -0.39 is 0 Å².